The molecule has 1 aromatic rings. The SMILES string of the molecule is COC(=O)c1cc(C(F)(F)F)cc(C(F)(F)F)c1C(F)(F)F. The molecule has 0 heterocycles. The second kappa shape index (κ2) is 5.36. The molecule has 0 saturated heterocycles. The van der Waals surface area contributed by atoms with E-state index in [4.69, 9.17) is 0 Å². The molecule has 0 spiro atoms. The highest BCUT2D eigenvalue weighted by molar-refractivity contribution is 5.92. The van der Waals surface area contributed by atoms with Gasteiger partial charge in [-0.3, -0.25) is 0 Å². The Balaban J connectivity index is 3.90. The monoisotopic (exact) mass is 340 g/mol. The predicted octanol–water partition coefficient (Wildman–Crippen LogP) is 4.53. The highest BCUT2D eigenvalue weighted by atomic mass is 19.4. The highest BCUT2D eigenvalue weighted by Gasteiger charge is 2.48. The number of hydrogen-bond acceptors (Lipinski definition) is 2. The van der Waals surface area contributed by atoms with Crippen molar-refractivity contribution in [3.05, 3.63) is 34.4 Å². The van der Waals surface area contributed by atoms with Crippen LogP contribution in [-0.4, -0.2) is 13.1 Å². The Morgan fingerprint density at radius 3 is 1.68 bits per heavy atom. The number of hydrogen-bond donors (Lipinski definition) is 0. The first kappa shape index (κ1) is 18.1. The van der Waals surface area contributed by atoms with Crippen LogP contribution in [0.4, 0.5) is 39.5 Å². The summed E-state index contributed by atoms with van der Waals surface area (Å²) in [6, 6.07) is -1.03. The number of alkyl halides is 9. The molecular weight excluding hydrogens is 335 g/mol. The summed E-state index contributed by atoms with van der Waals surface area (Å²) in [6.45, 7) is 0. The molecule has 0 amide bonds. The summed E-state index contributed by atoms with van der Waals surface area (Å²) in [7, 11) is 0.524. The molecule has 0 N–H and O–H groups in total. The summed E-state index contributed by atoms with van der Waals surface area (Å²) in [5, 5.41) is 0. The van der Waals surface area contributed by atoms with Crippen LogP contribution < -0.4 is 0 Å². The van der Waals surface area contributed by atoms with E-state index in [1.165, 1.54) is 0 Å². The van der Waals surface area contributed by atoms with Gasteiger partial charge in [-0.15, -0.1) is 0 Å². The van der Waals surface area contributed by atoms with Crippen molar-refractivity contribution in [1.82, 2.24) is 0 Å². The standard InChI is InChI=1S/C11H5F9O2/c1-22-8(21)5-2-4(9(12,13)14)3-6(10(15,16)17)7(5)11(18,19)20/h2-3H,1H3. The molecule has 0 atom stereocenters. The maximum Gasteiger partial charge on any atom is 0.417 e. The first-order chi connectivity index (χ1) is 9.69. The molecule has 0 aliphatic carbocycles. The Morgan fingerprint density at radius 1 is 0.864 bits per heavy atom. The average molecular weight is 340 g/mol. The van der Waals surface area contributed by atoms with Crippen LogP contribution in [0.2, 0.25) is 0 Å². The van der Waals surface area contributed by atoms with Crippen molar-refractivity contribution in [2.24, 2.45) is 0 Å². The van der Waals surface area contributed by atoms with Gasteiger partial charge in [-0.2, -0.15) is 39.5 Å². The van der Waals surface area contributed by atoms with Crippen molar-refractivity contribution in [2.75, 3.05) is 7.11 Å². The molecule has 1 rings (SSSR count). The Bertz CT molecular complexity index is 581. The molecule has 0 aromatic heterocycles. The maximum absolute atomic E-state index is 12.8. The number of benzene rings is 1. The largest absolute Gasteiger partial charge is 0.465 e. The van der Waals surface area contributed by atoms with Gasteiger partial charge in [0, 0.05) is 0 Å². The Labute approximate surface area is 116 Å². The molecule has 0 bridgehead atoms. The van der Waals surface area contributed by atoms with Crippen LogP contribution in [0, 0.1) is 0 Å². The molecule has 0 fully saturated rings. The normalized spacial score (nSPS) is 13.2. The van der Waals surface area contributed by atoms with Gasteiger partial charge in [0.25, 0.3) is 0 Å². The van der Waals surface area contributed by atoms with Gasteiger partial charge in [0.1, 0.15) is 0 Å². The third kappa shape index (κ3) is 3.63. The summed E-state index contributed by atoms with van der Waals surface area (Å²) >= 11 is 0. The van der Waals surface area contributed by atoms with Gasteiger partial charge >= 0.3 is 24.5 Å². The molecule has 22 heavy (non-hydrogen) atoms. The van der Waals surface area contributed by atoms with Crippen LogP contribution in [0.3, 0.4) is 0 Å². The van der Waals surface area contributed by atoms with Crippen molar-refractivity contribution >= 4 is 5.97 Å². The third-order valence-electron chi connectivity index (χ3n) is 2.46. The molecule has 1 aromatic carbocycles. The van der Waals surface area contributed by atoms with E-state index in [9.17, 15) is 44.3 Å². The number of rotatable bonds is 1. The van der Waals surface area contributed by atoms with E-state index in [2.05, 4.69) is 4.74 Å². The Kier molecular flexibility index (Phi) is 4.41. The van der Waals surface area contributed by atoms with E-state index in [1.54, 1.807) is 0 Å². The van der Waals surface area contributed by atoms with Crippen molar-refractivity contribution in [3.63, 3.8) is 0 Å². The van der Waals surface area contributed by atoms with Gasteiger partial charge in [-0.25, -0.2) is 4.79 Å². The predicted molar refractivity (Wildman–Crippen MR) is 52.8 cm³/mol. The Morgan fingerprint density at radius 2 is 1.36 bits per heavy atom. The lowest BCUT2D eigenvalue weighted by molar-refractivity contribution is -0.163. The highest BCUT2D eigenvalue weighted by Crippen LogP contribution is 2.45. The van der Waals surface area contributed by atoms with Crippen molar-refractivity contribution in [3.8, 4) is 0 Å². The second-order valence-corrected chi connectivity index (χ2v) is 3.93. The zero-order valence-electron chi connectivity index (χ0n) is 10.4. The fourth-order valence-electron chi connectivity index (χ4n) is 1.61. The molecule has 0 radical (unpaired) electrons. The smallest absolute Gasteiger partial charge is 0.417 e. The summed E-state index contributed by atoms with van der Waals surface area (Å²) < 4.78 is 118. The lowest BCUT2D eigenvalue weighted by atomic mass is 9.96. The van der Waals surface area contributed by atoms with E-state index in [0.29, 0.717) is 7.11 Å². The minimum Gasteiger partial charge on any atom is -0.465 e. The average Bonchev–Trinajstić information content (AvgIpc) is 2.32. The number of carbonyl (C=O) groups excluding carboxylic acids is 1. The number of halogens is 9. The van der Waals surface area contributed by atoms with Crippen LogP contribution >= 0.6 is 0 Å². The summed E-state index contributed by atoms with van der Waals surface area (Å²) in [4.78, 5) is 11.2. The fourth-order valence-corrected chi connectivity index (χ4v) is 1.61. The van der Waals surface area contributed by atoms with Crippen LogP contribution in [0.5, 0.6) is 0 Å². The Hall–Kier alpha value is -1.94. The van der Waals surface area contributed by atoms with Gasteiger partial charge in [0.05, 0.1) is 29.4 Å². The molecule has 2 nitrogen and oxygen atoms in total. The molecule has 0 saturated carbocycles. The number of esters is 1. The minimum absolute atomic E-state index is 0.329. The summed E-state index contributed by atoms with van der Waals surface area (Å²) in [5.74, 6) is -1.97. The van der Waals surface area contributed by atoms with Crippen molar-refractivity contribution in [2.45, 2.75) is 18.5 Å². The second-order valence-electron chi connectivity index (χ2n) is 3.93. The zero-order chi connectivity index (χ0) is 17.5. The summed E-state index contributed by atoms with van der Waals surface area (Å²) in [5.41, 5.74) is -9.06. The molecule has 0 unspecified atom stereocenters. The molecule has 11 heteroatoms. The number of carbonyl (C=O) groups is 1. The fraction of sp³-hybridized carbons (Fsp3) is 0.364. The van der Waals surface area contributed by atoms with Gasteiger partial charge in [-0.05, 0) is 12.1 Å². The van der Waals surface area contributed by atoms with Crippen LogP contribution in [-0.2, 0) is 23.3 Å². The minimum atomic E-state index is -5.76. The zero-order valence-corrected chi connectivity index (χ0v) is 10.4. The van der Waals surface area contributed by atoms with Crippen LogP contribution in [0.15, 0.2) is 12.1 Å². The van der Waals surface area contributed by atoms with Crippen LogP contribution in [0.1, 0.15) is 27.0 Å². The number of ether oxygens (including phenoxy) is 1. The lowest BCUT2D eigenvalue weighted by Gasteiger charge is -2.20. The number of methoxy groups -OCH3 is 1. The molecular formula is C11H5F9O2. The van der Waals surface area contributed by atoms with Crippen LogP contribution in [0.25, 0.3) is 0 Å². The van der Waals surface area contributed by atoms with Crippen molar-refractivity contribution in [1.29, 1.82) is 0 Å². The lowest BCUT2D eigenvalue weighted by Crippen LogP contribution is -2.23. The quantitative estimate of drug-likeness (QED) is 0.555. The van der Waals surface area contributed by atoms with Crippen molar-refractivity contribution < 1.29 is 49.0 Å². The maximum atomic E-state index is 12.8. The summed E-state index contributed by atoms with van der Waals surface area (Å²) in [6.07, 6.45) is -16.8. The van der Waals surface area contributed by atoms with E-state index < -0.39 is 52.8 Å². The molecule has 124 valence electrons. The van der Waals surface area contributed by atoms with Gasteiger partial charge in [0.15, 0.2) is 0 Å². The molecule has 0 aliphatic rings. The molecule has 0 aliphatic heterocycles. The van der Waals surface area contributed by atoms with Gasteiger partial charge < -0.3 is 4.74 Å². The third-order valence-corrected chi connectivity index (χ3v) is 2.46. The van der Waals surface area contributed by atoms with E-state index in [1.807, 2.05) is 0 Å². The van der Waals surface area contributed by atoms with E-state index in [0.717, 1.165) is 0 Å². The topological polar surface area (TPSA) is 26.3 Å². The first-order valence-electron chi connectivity index (χ1n) is 5.17. The van der Waals surface area contributed by atoms with E-state index in [-0.39, 0.29) is 6.07 Å². The van der Waals surface area contributed by atoms with E-state index >= 15 is 0 Å². The van der Waals surface area contributed by atoms with Gasteiger partial charge in [0.2, 0.25) is 0 Å². The van der Waals surface area contributed by atoms with Gasteiger partial charge in [-0.1, -0.05) is 0 Å². The first-order valence-corrected chi connectivity index (χ1v) is 5.17.